The van der Waals surface area contributed by atoms with Crippen molar-refractivity contribution < 1.29 is 14.1 Å². The Morgan fingerprint density at radius 3 is 2.68 bits per heavy atom. The number of carbonyl (C=O) groups excluding carboxylic acids is 1. The van der Waals surface area contributed by atoms with Gasteiger partial charge in [0.15, 0.2) is 0 Å². The lowest BCUT2D eigenvalue weighted by molar-refractivity contribution is -0.497. The van der Waals surface area contributed by atoms with E-state index in [1.54, 1.807) is 18.2 Å². The van der Waals surface area contributed by atoms with Crippen molar-refractivity contribution in [3.8, 4) is 11.3 Å². The van der Waals surface area contributed by atoms with Gasteiger partial charge in [-0.2, -0.15) is 0 Å². The fraction of sp³-hybridized carbons (Fsp3) is 0.267. The summed E-state index contributed by atoms with van der Waals surface area (Å²) >= 11 is 5.83. The number of hydrogen-bond donors (Lipinski definition) is 1. The van der Waals surface area contributed by atoms with Gasteiger partial charge in [-0.15, -0.1) is 0 Å². The second-order valence-corrected chi connectivity index (χ2v) is 5.62. The van der Waals surface area contributed by atoms with Crippen LogP contribution in [0.3, 0.4) is 0 Å². The van der Waals surface area contributed by atoms with Gasteiger partial charge < -0.3 is 9.73 Å². The molecule has 1 aromatic carbocycles. The lowest BCUT2D eigenvalue weighted by atomic mass is 10.2. The summed E-state index contributed by atoms with van der Waals surface area (Å²) in [7, 11) is 0. The maximum Gasteiger partial charge on any atom is 0.230 e. The largest absolute Gasteiger partial charge is 0.459 e. The molecule has 22 heavy (non-hydrogen) atoms. The number of nitrogens with zero attached hydrogens (tertiary/aromatic N) is 1. The predicted molar refractivity (Wildman–Crippen MR) is 79.9 cm³/mol. The molecule has 1 N–H and O–H groups in total. The zero-order chi connectivity index (χ0) is 15.7. The van der Waals surface area contributed by atoms with Crippen LogP contribution in [0.25, 0.3) is 11.3 Å². The van der Waals surface area contributed by atoms with Crippen molar-refractivity contribution in [3.63, 3.8) is 0 Å². The summed E-state index contributed by atoms with van der Waals surface area (Å²) in [5.41, 5.74) is 0.887. The first-order valence-corrected chi connectivity index (χ1v) is 7.18. The first kappa shape index (κ1) is 14.6. The minimum atomic E-state index is -0.735. The molecule has 0 spiro atoms. The maximum atomic E-state index is 11.7. The maximum absolute atomic E-state index is 11.7. The van der Waals surface area contributed by atoms with Gasteiger partial charge in [-0.25, -0.2) is 0 Å². The summed E-state index contributed by atoms with van der Waals surface area (Å²) in [5.74, 6) is 0.457. The van der Waals surface area contributed by atoms with E-state index in [0.717, 1.165) is 5.56 Å². The topological polar surface area (TPSA) is 85.4 Å². The van der Waals surface area contributed by atoms with E-state index in [0.29, 0.717) is 23.0 Å². The highest BCUT2D eigenvalue weighted by Crippen LogP contribution is 2.33. The molecule has 114 valence electrons. The van der Waals surface area contributed by atoms with Gasteiger partial charge >= 0.3 is 0 Å². The highest BCUT2D eigenvalue weighted by molar-refractivity contribution is 6.30. The molecule has 1 aliphatic rings. The first-order chi connectivity index (χ1) is 10.5. The van der Waals surface area contributed by atoms with E-state index in [2.05, 4.69) is 5.32 Å². The Labute approximate surface area is 131 Å². The number of halogens is 1. The van der Waals surface area contributed by atoms with Crippen LogP contribution < -0.4 is 5.32 Å². The van der Waals surface area contributed by atoms with E-state index < -0.39 is 16.9 Å². The summed E-state index contributed by atoms with van der Waals surface area (Å²) in [6, 6.07) is 10.1. The Kier molecular flexibility index (Phi) is 3.85. The lowest BCUT2D eigenvalue weighted by Crippen LogP contribution is -2.26. The molecule has 1 aromatic heterocycles. The van der Waals surface area contributed by atoms with Crippen LogP contribution in [0.4, 0.5) is 0 Å². The van der Waals surface area contributed by atoms with Crippen LogP contribution in [-0.2, 0) is 11.3 Å². The highest BCUT2D eigenvalue weighted by Gasteiger charge is 2.53. The molecule has 0 aliphatic heterocycles. The molecule has 1 aliphatic carbocycles. The fourth-order valence-electron chi connectivity index (χ4n) is 2.24. The molecule has 1 amide bonds. The molecule has 0 bridgehead atoms. The SMILES string of the molecule is O=C(NCc1ccc(-c2ccc(Cl)cc2)o1)[C@@H]1C[C@H]1[N+](=O)[O-]. The minimum Gasteiger partial charge on any atom is -0.459 e. The van der Waals surface area contributed by atoms with E-state index in [9.17, 15) is 14.9 Å². The molecule has 1 fully saturated rings. The second kappa shape index (κ2) is 5.81. The van der Waals surface area contributed by atoms with Crippen molar-refractivity contribution in [1.82, 2.24) is 5.32 Å². The fourth-order valence-corrected chi connectivity index (χ4v) is 2.37. The quantitative estimate of drug-likeness (QED) is 0.678. The molecule has 0 saturated heterocycles. The van der Waals surface area contributed by atoms with Gasteiger partial charge in [0, 0.05) is 21.9 Å². The summed E-state index contributed by atoms with van der Waals surface area (Å²) < 4.78 is 5.64. The van der Waals surface area contributed by atoms with Gasteiger partial charge in [0.2, 0.25) is 11.9 Å². The number of nitro groups is 1. The minimum absolute atomic E-state index is 0.216. The molecule has 0 radical (unpaired) electrons. The standard InChI is InChI=1S/C15H13ClN2O4/c16-10-3-1-9(2-4-10)14-6-5-11(22-14)8-17-15(19)12-7-13(12)18(20)21/h1-6,12-13H,7-8H2,(H,17,19)/t12-,13-/m1/s1. The molecule has 1 saturated carbocycles. The van der Waals surface area contributed by atoms with E-state index in [1.807, 2.05) is 18.2 Å². The molecule has 2 aromatic rings. The number of rotatable bonds is 5. The monoisotopic (exact) mass is 320 g/mol. The molecule has 7 heteroatoms. The molecular weight excluding hydrogens is 308 g/mol. The van der Waals surface area contributed by atoms with Crippen LogP contribution in [0.5, 0.6) is 0 Å². The smallest absolute Gasteiger partial charge is 0.230 e. The number of amides is 1. The third-order valence-corrected chi connectivity index (χ3v) is 3.84. The van der Waals surface area contributed by atoms with E-state index in [-0.39, 0.29) is 12.5 Å². The molecule has 0 unspecified atom stereocenters. The Morgan fingerprint density at radius 1 is 1.32 bits per heavy atom. The van der Waals surface area contributed by atoms with Gasteiger partial charge in [-0.1, -0.05) is 11.6 Å². The third kappa shape index (κ3) is 3.12. The van der Waals surface area contributed by atoms with Crippen molar-refractivity contribution in [2.45, 2.75) is 19.0 Å². The van der Waals surface area contributed by atoms with E-state index in [4.69, 9.17) is 16.0 Å². The predicted octanol–water partition coefficient (Wildman–Crippen LogP) is 2.88. The Balaban J connectivity index is 1.57. The molecule has 6 nitrogen and oxygen atoms in total. The Morgan fingerprint density at radius 2 is 2.05 bits per heavy atom. The Bertz CT molecular complexity index is 711. The summed E-state index contributed by atoms with van der Waals surface area (Å²) in [4.78, 5) is 21.9. The van der Waals surface area contributed by atoms with Crippen LogP contribution in [0.15, 0.2) is 40.8 Å². The van der Waals surface area contributed by atoms with Crippen molar-refractivity contribution in [3.05, 3.63) is 57.3 Å². The average Bonchev–Trinajstić information content (AvgIpc) is 3.18. The second-order valence-electron chi connectivity index (χ2n) is 5.19. The normalized spacial score (nSPS) is 19.7. The number of carbonyl (C=O) groups is 1. The number of furan rings is 1. The van der Waals surface area contributed by atoms with Crippen LogP contribution >= 0.6 is 11.6 Å². The van der Waals surface area contributed by atoms with Crippen LogP contribution in [-0.4, -0.2) is 16.9 Å². The van der Waals surface area contributed by atoms with Gasteiger partial charge in [0.25, 0.3) is 0 Å². The molecule has 1 heterocycles. The summed E-state index contributed by atoms with van der Waals surface area (Å²) in [6.45, 7) is 0.216. The van der Waals surface area contributed by atoms with Gasteiger partial charge in [0.05, 0.1) is 6.54 Å². The lowest BCUT2D eigenvalue weighted by Gasteiger charge is -2.01. The zero-order valence-corrected chi connectivity index (χ0v) is 12.2. The number of benzene rings is 1. The van der Waals surface area contributed by atoms with Crippen molar-refractivity contribution >= 4 is 17.5 Å². The average molecular weight is 321 g/mol. The van der Waals surface area contributed by atoms with Gasteiger partial charge in [-0.3, -0.25) is 14.9 Å². The first-order valence-electron chi connectivity index (χ1n) is 6.80. The number of nitrogens with one attached hydrogen (secondary N) is 1. The molecule has 2 atom stereocenters. The summed E-state index contributed by atoms with van der Waals surface area (Å²) in [6.07, 6.45) is 0.313. The third-order valence-electron chi connectivity index (χ3n) is 3.59. The van der Waals surface area contributed by atoms with Crippen molar-refractivity contribution in [2.75, 3.05) is 0 Å². The van der Waals surface area contributed by atoms with Crippen molar-refractivity contribution in [2.24, 2.45) is 5.92 Å². The van der Waals surface area contributed by atoms with Gasteiger partial charge in [-0.05, 0) is 36.4 Å². The highest BCUT2D eigenvalue weighted by atomic mass is 35.5. The van der Waals surface area contributed by atoms with Crippen LogP contribution in [0.1, 0.15) is 12.2 Å². The van der Waals surface area contributed by atoms with Crippen LogP contribution in [0, 0.1) is 16.0 Å². The molecule has 3 rings (SSSR count). The molecular formula is C15H13ClN2O4. The van der Waals surface area contributed by atoms with Crippen molar-refractivity contribution in [1.29, 1.82) is 0 Å². The van der Waals surface area contributed by atoms with Gasteiger partial charge in [0.1, 0.15) is 17.4 Å². The van der Waals surface area contributed by atoms with E-state index in [1.165, 1.54) is 0 Å². The zero-order valence-electron chi connectivity index (χ0n) is 11.5. The number of hydrogen-bond acceptors (Lipinski definition) is 4. The Hall–Kier alpha value is -2.34. The summed E-state index contributed by atoms with van der Waals surface area (Å²) in [5, 5.41) is 13.8. The van der Waals surface area contributed by atoms with Crippen LogP contribution in [0.2, 0.25) is 5.02 Å². The van der Waals surface area contributed by atoms with E-state index >= 15 is 0 Å².